The predicted molar refractivity (Wildman–Crippen MR) is 261 cm³/mol. The SMILES string of the molecule is O=C1CCCCN1c1ncccc1CCN1CCC(c2cccc(=O)[nH]2)C1.O=C1CCCCN1c1ncccc1CCN1CCC(c2cccc(OC(F)F)n2)C1.O=c1cccc(C2CCNC2)[nH]1. The van der Waals surface area contributed by atoms with Crippen molar-refractivity contribution in [1.82, 2.24) is 40.0 Å². The number of ether oxygens (including phenoxy) is 1. The smallest absolute Gasteiger partial charge is 0.388 e. The van der Waals surface area contributed by atoms with Gasteiger partial charge in [-0.05, 0) is 119 Å². The van der Waals surface area contributed by atoms with E-state index in [9.17, 15) is 28.0 Å². The first-order valence-corrected chi connectivity index (χ1v) is 24.6. The third kappa shape index (κ3) is 13.8. The lowest BCUT2D eigenvalue weighted by molar-refractivity contribution is -0.120. The molecule has 3 unspecified atom stereocenters. The van der Waals surface area contributed by atoms with Crippen molar-refractivity contribution in [1.29, 1.82) is 0 Å². The Labute approximate surface area is 401 Å². The van der Waals surface area contributed by atoms with Crippen LogP contribution in [0.15, 0.2) is 101 Å². The number of hydrogen-bond donors (Lipinski definition) is 3. The number of halogens is 2. The summed E-state index contributed by atoms with van der Waals surface area (Å²) in [7, 11) is 0. The summed E-state index contributed by atoms with van der Waals surface area (Å²) in [5, 5.41) is 3.27. The first-order valence-electron chi connectivity index (χ1n) is 24.6. The van der Waals surface area contributed by atoms with Gasteiger partial charge < -0.3 is 29.8 Å². The molecule has 5 aromatic rings. The van der Waals surface area contributed by atoms with Gasteiger partial charge in [0.2, 0.25) is 28.8 Å². The third-order valence-electron chi connectivity index (χ3n) is 13.7. The molecule has 10 rings (SSSR count). The average molecular weight is 947 g/mol. The van der Waals surface area contributed by atoms with Gasteiger partial charge in [-0.25, -0.2) is 15.0 Å². The van der Waals surface area contributed by atoms with Crippen LogP contribution in [0.5, 0.6) is 5.88 Å². The highest BCUT2D eigenvalue weighted by Crippen LogP contribution is 2.30. The van der Waals surface area contributed by atoms with E-state index in [1.165, 1.54) is 6.07 Å². The highest BCUT2D eigenvalue weighted by Gasteiger charge is 2.29. The van der Waals surface area contributed by atoms with Gasteiger partial charge in [0.15, 0.2) is 0 Å². The van der Waals surface area contributed by atoms with Crippen molar-refractivity contribution < 1.29 is 23.1 Å². The number of piperidine rings is 2. The molecule has 0 radical (unpaired) electrons. The van der Waals surface area contributed by atoms with E-state index < -0.39 is 6.61 Å². The Kier molecular flexibility index (Phi) is 17.4. The zero-order valence-corrected chi connectivity index (χ0v) is 39.2. The summed E-state index contributed by atoms with van der Waals surface area (Å²) >= 11 is 0. The standard InChI is InChI=1S/C22H26F2N4O2.C21H26N4O2.C9H12N2O/c23-22(24)30-19-7-3-6-18(26-19)17-10-14-27(15-17)13-9-16-5-4-11-25-21(16)28-12-2-1-8-20(28)29;26-19-7-3-6-18(23-19)17-10-14-24(15-17)13-9-16-5-4-11-22-21(16)25-12-2-1-8-20(25)27;12-9-3-1-2-8(11-9)7-4-5-10-6-7/h3-7,11,17,22H,1-2,8-10,12-15H2;3-7,11,17H,1-2,8-10,12-15H2,(H,23,26);1-3,7,10H,4-6H2,(H,11,12). The number of nitrogens with one attached hydrogen (secondary N) is 3. The molecule has 10 heterocycles. The van der Waals surface area contributed by atoms with Crippen molar-refractivity contribution in [3.63, 3.8) is 0 Å². The summed E-state index contributed by atoms with van der Waals surface area (Å²) in [6, 6.07) is 23.8. The zero-order valence-electron chi connectivity index (χ0n) is 39.2. The van der Waals surface area contributed by atoms with E-state index in [0.29, 0.717) is 24.7 Å². The fourth-order valence-corrected chi connectivity index (χ4v) is 10.1. The van der Waals surface area contributed by atoms with Crippen molar-refractivity contribution in [2.24, 2.45) is 0 Å². The van der Waals surface area contributed by atoms with Crippen LogP contribution in [-0.4, -0.2) is 119 Å². The van der Waals surface area contributed by atoms with E-state index in [2.05, 4.69) is 50.8 Å². The lowest BCUT2D eigenvalue weighted by Gasteiger charge is -2.28. The zero-order chi connectivity index (χ0) is 48.0. The summed E-state index contributed by atoms with van der Waals surface area (Å²) < 4.78 is 29.3. The Morgan fingerprint density at radius 3 is 1.70 bits per heavy atom. The summed E-state index contributed by atoms with van der Waals surface area (Å²) in [6.07, 6.45) is 13.5. The predicted octanol–water partition coefficient (Wildman–Crippen LogP) is 6.40. The molecule has 5 aliphatic rings. The normalized spacial score (nSPS) is 20.9. The highest BCUT2D eigenvalue weighted by molar-refractivity contribution is 5.94. The van der Waals surface area contributed by atoms with Crippen LogP contribution in [0.2, 0.25) is 0 Å². The number of amides is 2. The summed E-state index contributed by atoms with van der Waals surface area (Å²) in [5.41, 5.74) is 5.08. The Hall–Kier alpha value is -6.17. The van der Waals surface area contributed by atoms with E-state index in [-0.39, 0.29) is 34.7 Å². The minimum atomic E-state index is -2.87. The number of rotatable bonds is 13. The minimum absolute atomic E-state index is 0.000556. The van der Waals surface area contributed by atoms with Gasteiger partial charge in [0.1, 0.15) is 11.6 Å². The number of nitrogens with zero attached hydrogens (tertiary/aromatic N) is 7. The van der Waals surface area contributed by atoms with Gasteiger partial charge in [0.25, 0.3) is 0 Å². The van der Waals surface area contributed by atoms with E-state index >= 15 is 0 Å². The van der Waals surface area contributed by atoms with Crippen LogP contribution >= 0.6 is 0 Å². The van der Waals surface area contributed by atoms with Crippen LogP contribution in [0, 0.1) is 0 Å². The van der Waals surface area contributed by atoms with Gasteiger partial charge in [0, 0.05) is 124 Å². The van der Waals surface area contributed by atoms with Crippen molar-refractivity contribution in [2.75, 3.05) is 75.2 Å². The second kappa shape index (κ2) is 24.4. The first-order chi connectivity index (χ1) is 33.7. The lowest BCUT2D eigenvalue weighted by Crippen LogP contribution is -2.36. The molecule has 3 atom stereocenters. The van der Waals surface area contributed by atoms with Crippen molar-refractivity contribution in [2.45, 2.75) is 95.0 Å². The first kappa shape index (κ1) is 49.3. The van der Waals surface area contributed by atoms with E-state index in [0.717, 1.165) is 163 Å². The molecule has 17 heteroatoms. The molecule has 0 saturated carbocycles. The average Bonchev–Trinajstić information content (AvgIpc) is 4.18. The molecule has 5 fully saturated rings. The van der Waals surface area contributed by atoms with Crippen molar-refractivity contribution in [3.05, 3.63) is 140 Å². The van der Waals surface area contributed by atoms with Crippen LogP contribution in [0.3, 0.4) is 0 Å². The molecule has 69 heavy (non-hydrogen) atoms. The van der Waals surface area contributed by atoms with Crippen molar-refractivity contribution >= 4 is 23.5 Å². The number of anilines is 2. The number of carbonyl (C=O) groups excluding carboxylic acids is 2. The number of hydrogen-bond acceptors (Lipinski definition) is 11. The van der Waals surface area contributed by atoms with Gasteiger partial charge in [-0.3, -0.25) is 29.0 Å². The Bertz CT molecular complexity index is 2590. The van der Waals surface area contributed by atoms with Gasteiger partial charge >= 0.3 is 6.61 Å². The molecule has 15 nitrogen and oxygen atoms in total. The summed E-state index contributed by atoms with van der Waals surface area (Å²) in [6.45, 7) is 6.20. The van der Waals surface area contributed by atoms with E-state index in [1.807, 2.05) is 58.3 Å². The molecule has 5 saturated heterocycles. The van der Waals surface area contributed by atoms with Crippen molar-refractivity contribution in [3.8, 4) is 5.88 Å². The number of H-pyrrole nitrogens is 2. The minimum Gasteiger partial charge on any atom is -0.417 e. The molecule has 2 amide bonds. The van der Waals surface area contributed by atoms with Gasteiger partial charge in [-0.15, -0.1) is 0 Å². The molecule has 3 N–H and O–H groups in total. The maximum absolute atomic E-state index is 12.4. The third-order valence-corrected chi connectivity index (χ3v) is 13.7. The van der Waals surface area contributed by atoms with Gasteiger partial charge in [0.05, 0.1) is 0 Å². The van der Waals surface area contributed by atoms with E-state index in [1.54, 1.807) is 30.6 Å². The molecular formula is C52H64F2N10O5. The number of aromatic amines is 2. The largest absolute Gasteiger partial charge is 0.417 e. The Morgan fingerprint density at radius 2 is 1.16 bits per heavy atom. The summed E-state index contributed by atoms with van der Waals surface area (Å²) in [4.78, 5) is 74.7. The van der Waals surface area contributed by atoms with Crippen LogP contribution < -0.4 is 31.0 Å². The molecule has 0 aromatic carbocycles. The Morgan fingerprint density at radius 1 is 0.609 bits per heavy atom. The monoisotopic (exact) mass is 947 g/mol. The second-order valence-corrected chi connectivity index (χ2v) is 18.5. The summed E-state index contributed by atoms with van der Waals surface area (Å²) in [5.74, 6) is 3.02. The molecular weight excluding hydrogens is 883 g/mol. The fraction of sp³-hybridized carbons (Fsp3) is 0.481. The van der Waals surface area contributed by atoms with Gasteiger partial charge in [-0.2, -0.15) is 8.78 Å². The molecule has 366 valence electrons. The highest BCUT2D eigenvalue weighted by atomic mass is 19.3. The topological polar surface area (TPSA) is 173 Å². The van der Waals surface area contributed by atoms with Crippen LogP contribution in [0.1, 0.15) is 104 Å². The molecule has 0 bridgehead atoms. The molecule has 0 aliphatic carbocycles. The number of pyridine rings is 5. The van der Waals surface area contributed by atoms with Gasteiger partial charge in [-0.1, -0.05) is 30.3 Å². The lowest BCUT2D eigenvalue weighted by atomic mass is 10.0. The number of aromatic nitrogens is 5. The van der Waals surface area contributed by atoms with Crippen LogP contribution in [0.25, 0.3) is 0 Å². The molecule has 5 aromatic heterocycles. The Balaban J connectivity index is 0.000000151. The van der Waals surface area contributed by atoms with Crippen LogP contribution in [-0.2, 0) is 22.4 Å². The van der Waals surface area contributed by atoms with Crippen LogP contribution in [0.4, 0.5) is 20.4 Å². The fourth-order valence-electron chi connectivity index (χ4n) is 10.1. The molecule has 0 spiro atoms. The maximum Gasteiger partial charge on any atom is 0.388 e. The second-order valence-electron chi connectivity index (χ2n) is 18.5. The molecule has 5 aliphatic heterocycles. The number of alkyl halides is 2. The van der Waals surface area contributed by atoms with E-state index in [4.69, 9.17) is 0 Å². The number of likely N-dealkylation sites (tertiary alicyclic amines) is 2. The number of carbonyl (C=O) groups is 2. The maximum atomic E-state index is 12.4. The quantitative estimate of drug-likeness (QED) is 0.119.